The topological polar surface area (TPSA) is 29.5 Å². The fraction of sp³-hybridized carbons (Fsp3) is 0.667. The minimum Gasteiger partial charge on any atom is -0.388 e. The fourth-order valence-corrected chi connectivity index (χ4v) is 3.67. The van der Waals surface area contributed by atoms with E-state index >= 15 is 0 Å². The number of rotatable bonds is 4. The lowest BCUT2D eigenvalue weighted by atomic mass is 10.0. The number of hydrogen-bond donors (Lipinski definition) is 1. The van der Waals surface area contributed by atoms with Crippen LogP contribution in [-0.4, -0.2) is 17.8 Å². The molecule has 90 valence electrons. The van der Waals surface area contributed by atoms with Gasteiger partial charge in [-0.15, -0.1) is 0 Å². The summed E-state index contributed by atoms with van der Waals surface area (Å²) < 4.78 is 6.68. The first-order valence-corrected chi connectivity index (χ1v) is 7.52. The maximum absolute atomic E-state index is 10.0. The molecule has 1 aromatic rings. The Morgan fingerprint density at radius 2 is 2.38 bits per heavy atom. The van der Waals surface area contributed by atoms with Crippen molar-refractivity contribution in [3.05, 3.63) is 20.8 Å². The van der Waals surface area contributed by atoms with Crippen LogP contribution >= 0.6 is 27.3 Å². The molecule has 2 heterocycles. The molecular formula is C12H17BrO2S. The number of ether oxygens (including phenoxy) is 1. The van der Waals surface area contributed by atoms with Crippen LogP contribution in [0.2, 0.25) is 0 Å². The van der Waals surface area contributed by atoms with Gasteiger partial charge in [-0.05, 0) is 53.4 Å². The minimum atomic E-state index is -0.355. The summed E-state index contributed by atoms with van der Waals surface area (Å²) in [5.74, 6) is 0. The van der Waals surface area contributed by atoms with E-state index in [0.717, 1.165) is 35.9 Å². The normalized spacial score (nSPS) is 23.2. The molecule has 1 aliphatic heterocycles. The maximum atomic E-state index is 10.0. The van der Waals surface area contributed by atoms with E-state index in [1.165, 1.54) is 12.8 Å². The third kappa shape index (κ3) is 3.29. The Kier molecular flexibility index (Phi) is 4.82. The van der Waals surface area contributed by atoms with Crippen molar-refractivity contribution in [3.63, 3.8) is 0 Å². The molecule has 1 aromatic heterocycles. The first-order valence-electron chi connectivity index (χ1n) is 5.78. The van der Waals surface area contributed by atoms with Gasteiger partial charge >= 0.3 is 0 Å². The van der Waals surface area contributed by atoms with Crippen LogP contribution < -0.4 is 0 Å². The van der Waals surface area contributed by atoms with Gasteiger partial charge < -0.3 is 9.84 Å². The van der Waals surface area contributed by atoms with Crippen molar-refractivity contribution < 1.29 is 9.84 Å². The van der Waals surface area contributed by atoms with Crippen molar-refractivity contribution in [1.29, 1.82) is 0 Å². The van der Waals surface area contributed by atoms with Gasteiger partial charge in [-0.3, -0.25) is 0 Å². The van der Waals surface area contributed by atoms with Crippen molar-refractivity contribution in [2.45, 2.75) is 44.3 Å². The third-order valence-corrected chi connectivity index (χ3v) is 4.79. The summed E-state index contributed by atoms with van der Waals surface area (Å²) in [6, 6.07) is 0. The molecule has 1 fully saturated rings. The lowest BCUT2D eigenvalue weighted by Gasteiger charge is -2.23. The van der Waals surface area contributed by atoms with Gasteiger partial charge in [0.2, 0.25) is 0 Å². The number of aliphatic hydroxyl groups is 1. The standard InChI is InChI=1S/C12H17BrO2S/c13-11-8-16-7-10(11)12(14)5-4-9-3-1-2-6-15-9/h7-9,12,14H,1-6H2. The van der Waals surface area contributed by atoms with Crippen LogP contribution in [0.1, 0.15) is 43.8 Å². The highest BCUT2D eigenvalue weighted by Gasteiger charge is 2.17. The number of halogens is 1. The summed E-state index contributed by atoms with van der Waals surface area (Å²) in [7, 11) is 0. The number of aliphatic hydroxyl groups excluding tert-OH is 1. The SMILES string of the molecule is OC(CCC1CCCCO1)c1cscc1Br. The average Bonchev–Trinajstić information content (AvgIpc) is 2.74. The molecule has 1 aliphatic rings. The van der Waals surface area contributed by atoms with E-state index in [0.29, 0.717) is 6.10 Å². The second-order valence-electron chi connectivity index (χ2n) is 4.26. The predicted molar refractivity (Wildman–Crippen MR) is 69.8 cm³/mol. The first-order chi connectivity index (χ1) is 7.77. The molecule has 2 rings (SSSR count). The molecule has 0 radical (unpaired) electrons. The Morgan fingerprint density at radius 1 is 1.50 bits per heavy atom. The molecule has 0 aliphatic carbocycles. The largest absolute Gasteiger partial charge is 0.388 e. The van der Waals surface area contributed by atoms with Gasteiger partial charge in [0.15, 0.2) is 0 Å². The molecular weight excluding hydrogens is 288 g/mol. The van der Waals surface area contributed by atoms with Crippen molar-refractivity contribution in [2.75, 3.05) is 6.61 Å². The second-order valence-corrected chi connectivity index (χ2v) is 5.85. The summed E-state index contributed by atoms with van der Waals surface area (Å²) in [6.45, 7) is 0.892. The van der Waals surface area contributed by atoms with E-state index < -0.39 is 0 Å². The van der Waals surface area contributed by atoms with Crippen LogP contribution in [0, 0.1) is 0 Å². The molecule has 2 unspecified atom stereocenters. The minimum absolute atomic E-state index is 0.355. The van der Waals surface area contributed by atoms with E-state index in [-0.39, 0.29) is 6.10 Å². The molecule has 1 saturated heterocycles. The van der Waals surface area contributed by atoms with E-state index in [9.17, 15) is 5.11 Å². The predicted octanol–water partition coefficient (Wildman–Crippen LogP) is 3.89. The lowest BCUT2D eigenvalue weighted by molar-refractivity contribution is 0.00211. The highest BCUT2D eigenvalue weighted by Crippen LogP contribution is 2.31. The Morgan fingerprint density at radius 3 is 3.00 bits per heavy atom. The van der Waals surface area contributed by atoms with Crippen LogP contribution in [0.3, 0.4) is 0 Å². The third-order valence-electron chi connectivity index (χ3n) is 3.04. The Labute approximate surface area is 109 Å². The van der Waals surface area contributed by atoms with E-state index in [1.54, 1.807) is 11.3 Å². The first kappa shape index (κ1) is 12.6. The molecule has 0 aromatic carbocycles. The zero-order valence-electron chi connectivity index (χ0n) is 9.19. The van der Waals surface area contributed by atoms with Gasteiger partial charge in [0, 0.05) is 22.0 Å². The van der Waals surface area contributed by atoms with Gasteiger partial charge in [0.1, 0.15) is 0 Å². The molecule has 2 atom stereocenters. The van der Waals surface area contributed by atoms with Gasteiger partial charge in [-0.25, -0.2) is 0 Å². The fourth-order valence-electron chi connectivity index (χ4n) is 2.06. The summed E-state index contributed by atoms with van der Waals surface area (Å²) in [5, 5.41) is 14.1. The summed E-state index contributed by atoms with van der Waals surface area (Å²) in [5.41, 5.74) is 1.01. The van der Waals surface area contributed by atoms with Gasteiger partial charge in [0.25, 0.3) is 0 Å². The molecule has 0 spiro atoms. The molecule has 0 amide bonds. The second kappa shape index (κ2) is 6.15. The molecule has 1 N–H and O–H groups in total. The van der Waals surface area contributed by atoms with Crippen LogP contribution in [-0.2, 0) is 4.74 Å². The maximum Gasteiger partial charge on any atom is 0.0810 e. The Balaban J connectivity index is 1.79. The van der Waals surface area contributed by atoms with E-state index in [4.69, 9.17) is 4.74 Å². The van der Waals surface area contributed by atoms with Crippen molar-refractivity contribution in [1.82, 2.24) is 0 Å². The zero-order chi connectivity index (χ0) is 11.4. The Hall–Kier alpha value is 0.100. The zero-order valence-corrected chi connectivity index (χ0v) is 11.6. The highest BCUT2D eigenvalue weighted by atomic mass is 79.9. The smallest absolute Gasteiger partial charge is 0.0810 e. The van der Waals surface area contributed by atoms with E-state index in [1.807, 2.05) is 10.8 Å². The quantitative estimate of drug-likeness (QED) is 0.914. The average molecular weight is 305 g/mol. The molecule has 0 bridgehead atoms. The van der Waals surface area contributed by atoms with Crippen LogP contribution in [0.5, 0.6) is 0 Å². The van der Waals surface area contributed by atoms with Gasteiger partial charge in [-0.2, -0.15) is 11.3 Å². The monoisotopic (exact) mass is 304 g/mol. The van der Waals surface area contributed by atoms with E-state index in [2.05, 4.69) is 15.9 Å². The molecule has 4 heteroatoms. The van der Waals surface area contributed by atoms with Crippen LogP contribution in [0.15, 0.2) is 15.2 Å². The van der Waals surface area contributed by atoms with Crippen molar-refractivity contribution in [3.8, 4) is 0 Å². The Bertz CT molecular complexity index is 321. The van der Waals surface area contributed by atoms with Gasteiger partial charge in [-0.1, -0.05) is 0 Å². The molecule has 16 heavy (non-hydrogen) atoms. The lowest BCUT2D eigenvalue weighted by Crippen LogP contribution is -2.19. The number of thiophene rings is 1. The van der Waals surface area contributed by atoms with Crippen molar-refractivity contribution in [2.24, 2.45) is 0 Å². The van der Waals surface area contributed by atoms with Crippen LogP contribution in [0.4, 0.5) is 0 Å². The summed E-state index contributed by atoms with van der Waals surface area (Å²) in [6.07, 6.45) is 5.37. The molecule has 0 saturated carbocycles. The summed E-state index contributed by atoms with van der Waals surface area (Å²) >= 11 is 5.07. The van der Waals surface area contributed by atoms with Crippen LogP contribution in [0.25, 0.3) is 0 Å². The summed E-state index contributed by atoms with van der Waals surface area (Å²) in [4.78, 5) is 0. The van der Waals surface area contributed by atoms with Crippen molar-refractivity contribution >= 4 is 27.3 Å². The van der Waals surface area contributed by atoms with Gasteiger partial charge in [0.05, 0.1) is 12.2 Å². The number of hydrogen-bond acceptors (Lipinski definition) is 3. The molecule has 2 nitrogen and oxygen atoms in total. The highest BCUT2D eigenvalue weighted by molar-refractivity contribution is 9.10.